The van der Waals surface area contributed by atoms with E-state index in [1.54, 1.807) is 6.21 Å². The van der Waals surface area contributed by atoms with Crippen molar-refractivity contribution in [1.29, 1.82) is 0 Å². The molecule has 5 heteroatoms. The fraction of sp³-hybridized carbons (Fsp3) is 0.333. The molecule has 0 aliphatic rings. The topological polar surface area (TPSA) is 60.5 Å². The van der Waals surface area contributed by atoms with Gasteiger partial charge in [-0.3, -0.25) is 0 Å². The van der Waals surface area contributed by atoms with E-state index < -0.39 is 0 Å². The Hall–Kier alpha value is -1.10. The van der Waals surface area contributed by atoms with Crippen LogP contribution in [0.5, 0.6) is 0 Å². The first kappa shape index (κ1) is 8.00. The van der Waals surface area contributed by atoms with Crippen molar-refractivity contribution in [3.05, 3.63) is 11.3 Å². The highest BCUT2D eigenvalue weighted by Crippen LogP contribution is 2.17. The molecule has 1 rings (SSSR count). The molecule has 0 amide bonds. The fourth-order valence-electron chi connectivity index (χ4n) is 0.657. The van der Waals surface area contributed by atoms with Crippen molar-refractivity contribution < 1.29 is 4.84 Å². The van der Waals surface area contributed by atoms with Crippen LogP contribution in [0.15, 0.2) is 5.16 Å². The molecule has 0 unspecified atom stereocenters. The van der Waals surface area contributed by atoms with Gasteiger partial charge in [0.15, 0.2) is 0 Å². The van der Waals surface area contributed by atoms with E-state index in [0.717, 1.165) is 11.3 Å². The molecule has 0 spiro atoms. The number of aromatic nitrogens is 1. The second-order valence-electron chi connectivity index (χ2n) is 1.96. The van der Waals surface area contributed by atoms with Gasteiger partial charge in [-0.15, -0.1) is 0 Å². The Kier molecular flexibility index (Phi) is 2.43. The van der Waals surface area contributed by atoms with E-state index in [1.807, 2.05) is 6.92 Å². The van der Waals surface area contributed by atoms with Crippen molar-refractivity contribution in [3.63, 3.8) is 0 Å². The molecular weight excluding hydrogens is 162 g/mol. The van der Waals surface area contributed by atoms with Crippen LogP contribution >= 0.6 is 11.5 Å². The van der Waals surface area contributed by atoms with Gasteiger partial charge in [-0.2, -0.15) is 4.37 Å². The monoisotopic (exact) mass is 171 g/mol. The highest BCUT2D eigenvalue weighted by molar-refractivity contribution is 7.10. The summed E-state index contributed by atoms with van der Waals surface area (Å²) in [7, 11) is 1.49. The molecule has 0 atom stereocenters. The summed E-state index contributed by atoms with van der Waals surface area (Å²) in [6.45, 7) is 1.88. The molecule has 1 heterocycles. The van der Waals surface area contributed by atoms with E-state index in [1.165, 1.54) is 18.6 Å². The van der Waals surface area contributed by atoms with Gasteiger partial charge in [-0.1, -0.05) is 5.16 Å². The van der Waals surface area contributed by atoms with Gasteiger partial charge in [-0.05, 0) is 18.5 Å². The predicted octanol–water partition coefficient (Wildman–Crippen LogP) is 1.01. The lowest BCUT2D eigenvalue weighted by atomic mass is 10.3. The minimum Gasteiger partial charge on any atom is -0.399 e. The summed E-state index contributed by atoms with van der Waals surface area (Å²) < 4.78 is 4.04. The number of rotatable bonds is 2. The Labute approximate surface area is 68.8 Å². The summed E-state index contributed by atoms with van der Waals surface area (Å²) in [6, 6.07) is 0. The van der Waals surface area contributed by atoms with Crippen LogP contribution in [0.3, 0.4) is 0 Å². The number of nitrogen functional groups attached to an aromatic ring is 1. The number of aryl methyl sites for hydroxylation is 1. The molecule has 11 heavy (non-hydrogen) atoms. The lowest BCUT2D eigenvalue weighted by Crippen LogP contribution is -1.89. The normalized spacial score (nSPS) is 10.7. The Balaban J connectivity index is 2.92. The van der Waals surface area contributed by atoms with E-state index in [9.17, 15) is 0 Å². The Bertz CT molecular complexity index is 249. The maximum atomic E-state index is 5.59. The minimum absolute atomic E-state index is 0.670. The Morgan fingerprint density at radius 3 is 2.91 bits per heavy atom. The van der Waals surface area contributed by atoms with Gasteiger partial charge in [0.25, 0.3) is 0 Å². The summed E-state index contributed by atoms with van der Waals surface area (Å²) in [5, 5.41) is 4.27. The average molecular weight is 171 g/mol. The zero-order chi connectivity index (χ0) is 8.27. The van der Waals surface area contributed by atoms with Gasteiger partial charge in [-0.25, -0.2) is 0 Å². The van der Waals surface area contributed by atoms with Crippen molar-refractivity contribution in [2.75, 3.05) is 12.8 Å². The molecule has 1 aromatic rings. The van der Waals surface area contributed by atoms with Crippen LogP contribution in [0.25, 0.3) is 0 Å². The third-order valence-corrected chi connectivity index (χ3v) is 2.01. The van der Waals surface area contributed by atoms with Crippen LogP contribution in [0.4, 0.5) is 5.00 Å². The molecule has 0 radical (unpaired) electrons. The first-order valence-electron chi connectivity index (χ1n) is 3.04. The third kappa shape index (κ3) is 1.68. The van der Waals surface area contributed by atoms with Crippen molar-refractivity contribution >= 4 is 22.7 Å². The number of oxime groups is 1. The summed E-state index contributed by atoms with van der Waals surface area (Å²) in [5.74, 6) is 0. The largest absolute Gasteiger partial charge is 0.399 e. The number of nitrogens with two attached hydrogens (primary N) is 1. The molecule has 0 saturated heterocycles. The van der Waals surface area contributed by atoms with Crippen molar-refractivity contribution in [3.8, 4) is 0 Å². The summed E-state index contributed by atoms with van der Waals surface area (Å²) >= 11 is 1.26. The maximum absolute atomic E-state index is 5.59. The third-order valence-electron chi connectivity index (χ3n) is 1.22. The average Bonchev–Trinajstić information content (AvgIpc) is 2.29. The number of nitrogens with zero attached hydrogens (tertiary/aromatic N) is 2. The molecule has 0 saturated carbocycles. The zero-order valence-corrected chi connectivity index (χ0v) is 7.18. The van der Waals surface area contributed by atoms with Crippen molar-refractivity contribution in [2.24, 2.45) is 5.16 Å². The van der Waals surface area contributed by atoms with E-state index >= 15 is 0 Å². The van der Waals surface area contributed by atoms with Gasteiger partial charge >= 0.3 is 0 Å². The maximum Gasteiger partial charge on any atom is 0.116 e. The van der Waals surface area contributed by atoms with Crippen LogP contribution in [-0.2, 0) is 4.84 Å². The van der Waals surface area contributed by atoms with Gasteiger partial charge in [0.1, 0.15) is 12.1 Å². The molecule has 2 N–H and O–H groups in total. The van der Waals surface area contributed by atoms with E-state index in [0.29, 0.717) is 5.00 Å². The second-order valence-corrected chi connectivity index (χ2v) is 2.77. The van der Waals surface area contributed by atoms with Gasteiger partial charge in [0, 0.05) is 0 Å². The lowest BCUT2D eigenvalue weighted by Gasteiger charge is -1.89. The molecule has 0 fully saturated rings. The fourth-order valence-corrected chi connectivity index (χ4v) is 1.29. The van der Waals surface area contributed by atoms with Crippen LogP contribution in [0.2, 0.25) is 0 Å². The minimum atomic E-state index is 0.670. The second kappa shape index (κ2) is 3.34. The number of hydrogen-bond donors (Lipinski definition) is 1. The molecular formula is C6H9N3OS. The van der Waals surface area contributed by atoms with Gasteiger partial charge in [0.2, 0.25) is 0 Å². The molecule has 1 aromatic heterocycles. The van der Waals surface area contributed by atoms with Crippen molar-refractivity contribution in [2.45, 2.75) is 6.92 Å². The highest BCUT2D eigenvalue weighted by Gasteiger charge is 2.03. The molecule has 60 valence electrons. The van der Waals surface area contributed by atoms with Crippen LogP contribution in [-0.4, -0.2) is 17.7 Å². The quantitative estimate of drug-likeness (QED) is 0.533. The SMILES string of the molecule is CO/N=C/c1c(C)nsc1N. The van der Waals surface area contributed by atoms with Crippen LogP contribution < -0.4 is 5.73 Å². The molecule has 0 aliphatic carbocycles. The van der Waals surface area contributed by atoms with E-state index in [-0.39, 0.29) is 0 Å². The molecule has 4 nitrogen and oxygen atoms in total. The van der Waals surface area contributed by atoms with E-state index in [2.05, 4.69) is 14.4 Å². The van der Waals surface area contributed by atoms with Crippen LogP contribution in [0, 0.1) is 6.92 Å². The molecule has 0 aromatic carbocycles. The summed E-state index contributed by atoms with van der Waals surface area (Å²) in [6.07, 6.45) is 1.56. The first-order valence-corrected chi connectivity index (χ1v) is 3.81. The molecule has 0 aliphatic heterocycles. The number of anilines is 1. The zero-order valence-electron chi connectivity index (χ0n) is 6.37. The lowest BCUT2D eigenvalue weighted by molar-refractivity contribution is 0.215. The standard InChI is InChI=1S/C6H9N3OS/c1-4-5(3-8-10-2)6(7)11-9-4/h3H,7H2,1-2H3/b8-3+. The van der Waals surface area contributed by atoms with Gasteiger partial charge in [0.05, 0.1) is 17.5 Å². The highest BCUT2D eigenvalue weighted by atomic mass is 32.1. The Morgan fingerprint density at radius 2 is 2.45 bits per heavy atom. The van der Waals surface area contributed by atoms with Crippen molar-refractivity contribution in [1.82, 2.24) is 4.37 Å². The summed E-state index contributed by atoms with van der Waals surface area (Å²) in [4.78, 5) is 4.52. The first-order chi connectivity index (χ1) is 5.25. The van der Waals surface area contributed by atoms with Gasteiger partial charge < -0.3 is 10.6 Å². The molecule has 0 bridgehead atoms. The van der Waals surface area contributed by atoms with E-state index in [4.69, 9.17) is 5.73 Å². The smallest absolute Gasteiger partial charge is 0.116 e. The number of hydrogen-bond acceptors (Lipinski definition) is 5. The van der Waals surface area contributed by atoms with Crippen LogP contribution in [0.1, 0.15) is 11.3 Å². The summed E-state index contributed by atoms with van der Waals surface area (Å²) in [5.41, 5.74) is 7.32. The predicted molar refractivity (Wildman–Crippen MR) is 45.9 cm³/mol. The Morgan fingerprint density at radius 1 is 1.73 bits per heavy atom.